The summed E-state index contributed by atoms with van der Waals surface area (Å²) in [5, 5.41) is 0.651. The Hall–Kier alpha value is -2.34. The summed E-state index contributed by atoms with van der Waals surface area (Å²) < 4.78 is 5.87. The van der Waals surface area contributed by atoms with Gasteiger partial charge in [-0.15, -0.1) is 0 Å². The quantitative estimate of drug-likeness (QED) is 0.823. The maximum absolute atomic E-state index is 12.8. The molecule has 0 radical (unpaired) electrons. The Bertz CT molecular complexity index is 825. The fourth-order valence-electron chi connectivity index (χ4n) is 3.15. The van der Waals surface area contributed by atoms with Gasteiger partial charge in [-0.2, -0.15) is 0 Å². The number of aryl methyl sites for hydroxylation is 1. The monoisotopic (exact) mass is 374 g/mol. The smallest absolute Gasteiger partial charge is 0.263 e. The van der Waals surface area contributed by atoms with E-state index in [2.05, 4.69) is 9.97 Å². The molecule has 138 valence electrons. The second kappa shape index (κ2) is 7.50. The van der Waals surface area contributed by atoms with Crippen LogP contribution in [0.1, 0.15) is 23.7 Å². The zero-order chi connectivity index (χ0) is 18.8. The largest absolute Gasteiger partial charge is 0.481 e. The molecule has 0 N–H and O–H groups in total. The fourth-order valence-corrected chi connectivity index (χ4v) is 3.38. The molecular weight excluding hydrogens is 352 g/mol. The lowest BCUT2D eigenvalue weighted by Crippen LogP contribution is -2.43. The van der Waals surface area contributed by atoms with E-state index in [9.17, 15) is 4.79 Å². The number of carbonyl (C=O) groups is 1. The lowest BCUT2D eigenvalue weighted by Gasteiger charge is -2.31. The Balaban J connectivity index is 1.72. The van der Waals surface area contributed by atoms with Gasteiger partial charge in [0.1, 0.15) is 17.9 Å². The van der Waals surface area contributed by atoms with Crippen LogP contribution in [-0.2, 0) is 17.8 Å². The van der Waals surface area contributed by atoms with Crippen LogP contribution in [0.3, 0.4) is 0 Å². The van der Waals surface area contributed by atoms with Crippen LogP contribution in [0.25, 0.3) is 0 Å². The second-order valence-electron chi connectivity index (χ2n) is 6.70. The van der Waals surface area contributed by atoms with Gasteiger partial charge in [-0.05, 0) is 44.0 Å². The second-order valence-corrected chi connectivity index (χ2v) is 7.13. The average Bonchev–Trinajstić information content (AvgIpc) is 2.62. The van der Waals surface area contributed by atoms with Crippen molar-refractivity contribution in [3.8, 4) is 5.75 Å². The summed E-state index contributed by atoms with van der Waals surface area (Å²) >= 11 is 5.97. The normalized spacial score (nSPS) is 14.6. The van der Waals surface area contributed by atoms with Crippen molar-refractivity contribution in [2.75, 3.05) is 25.5 Å². The molecule has 26 heavy (non-hydrogen) atoms. The van der Waals surface area contributed by atoms with Crippen LogP contribution in [0, 0.1) is 6.92 Å². The molecule has 1 atom stereocenters. The van der Waals surface area contributed by atoms with E-state index in [1.165, 1.54) is 0 Å². The topological polar surface area (TPSA) is 58.6 Å². The molecule has 1 aromatic heterocycles. The van der Waals surface area contributed by atoms with E-state index in [4.69, 9.17) is 16.3 Å². The van der Waals surface area contributed by atoms with Crippen molar-refractivity contribution in [2.45, 2.75) is 32.9 Å². The number of carbonyl (C=O) groups excluding carboxylic acids is 1. The third kappa shape index (κ3) is 3.75. The molecule has 0 saturated heterocycles. The van der Waals surface area contributed by atoms with Gasteiger partial charge >= 0.3 is 0 Å². The summed E-state index contributed by atoms with van der Waals surface area (Å²) in [6, 6.07) is 5.38. The molecule has 1 aliphatic rings. The number of ether oxygens (including phenoxy) is 1. The Morgan fingerprint density at radius 1 is 1.35 bits per heavy atom. The number of fused-ring (bicyclic) bond motifs is 1. The van der Waals surface area contributed by atoms with Crippen molar-refractivity contribution >= 4 is 23.3 Å². The number of nitrogens with zero attached hydrogens (tertiary/aromatic N) is 4. The third-order valence-electron chi connectivity index (χ3n) is 4.51. The summed E-state index contributed by atoms with van der Waals surface area (Å²) in [4.78, 5) is 25.3. The summed E-state index contributed by atoms with van der Waals surface area (Å²) in [6.07, 6.45) is 1.72. The van der Waals surface area contributed by atoms with Crippen LogP contribution < -0.4 is 9.64 Å². The summed E-state index contributed by atoms with van der Waals surface area (Å²) in [5.74, 6) is 1.54. The first-order chi connectivity index (χ1) is 12.4. The molecule has 0 fully saturated rings. The van der Waals surface area contributed by atoms with Crippen LogP contribution >= 0.6 is 11.6 Å². The first-order valence-electron chi connectivity index (χ1n) is 8.58. The standard InChI is InChI=1S/C19H23ClN4O2/c1-12-9-14(20)5-6-17(12)26-13(2)19(25)24-8-7-15-16(10-24)21-11-22-18(15)23(3)4/h5-6,9,11,13H,7-8,10H2,1-4H3/t13-/m0/s1. The van der Waals surface area contributed by atoms with Gasteiger partial charge in [0.15, 0.2) is 6.10 Å². The molecular formula is C19H23ClN4O2. The SMILES string of the molecule is Cc1cc(Cl)ccc1O[C@@H](C)C(=O)N1CCc2c(ncnc2N(C)C)C1. The predicted octanol–water partition coefficient (Wildman–Crippen LogP) is 2.86. The lowest BCUT2D eigenvalue weighted by atomic mass is 10.0. The number of rotatable bonds is 4. The first-order valence-corrected chi connectivity index (χ1v) is 8.96. The molecule has 3 rings (SSSR count). The molecule has 1 amide bonds. The molecule has 2 heterocycles. The van der Waals surface area contributed by atoms with Crippen molar-refractivity contribution in [3.63, 3.8) is 0 Å². The molecule has 0 saturated carbocycles. The predicted molar refractivity (Wildman–Crippen MR) is 102 cm³/mol. The highest BCUT2D eigenvalue weighted by Gasteiger charge is 2.28. The van der Waals surface area contributed by atoms with Gasteiger partial charge < -0.3 is 14.5 Å². The minimum absolute atomic E-state index is 0.0463. The van der Waals surface area contributed by atoms with E-state index in [0.29, 0.717) is 23.9 Å². The van der Waals surface area contributed by atoms with Crippen molar-refractivity contribution in [1.29, 1.82) is 0 Å². The van der Waals surface area contributed by atoms with Gasteiger partial charge in [0.05, 0.1) is 12.2 Å². The number of benzene rings is 1. The molecule has 6 nitrogen and oxygen atoms in total. The van der Waals surface area contributed by atoms with E-state index >= 15 is 0 Å². The number of hydrogen-bond acceptors (Lipinski definition) is 5. The maximum atomic E-state index is 12.8. The molecule has 0 unspecified atom stereocenters. The number of anilines is 1. The molecule has 1 aliphatic heterocycles. The molecule has 7 heteroatoms. The number of halogens is 1. The van der Waals surface area contributed by atoms with E-state index in [0.717, 1.165) is 29.1 Å². The van der Waals surface area contributed by atoms with E-state index in [1.54, 1.807) is 30.3 Å². The highest BCUT2D eigenvalue weighted by atomic mass is 35.5. The fraction of sp³-hybridized carbons (Fsp3) is 0.421. The third-order valence-corrected chi connectivity index (χ3v) is 4.74. The summed E-state index contributed by atoms with van der Waals surface area (Å²) in [7, 11) is 3.93. The van der Waals surface area contributed by atoms with Crippen molar-refractivity contribution in [1.82, 2.24) is 14.9 Å². The van der Waals surface area contributed by atoms with Gasteiger partial charge in [0, 0.05) is 31.2 Å². The van der Waals surface area contributed by atoms with Crippen LogP contribution in [0.5, 0.6) is 5.75 Å². The van der Waals surface area contributed by atoms with Crippen LogP contribution in [0.15, 0.2) is 24.5 Å². The van der Waals surface area contributed by atoms with Crippen LogP contribution in [0.4, 0.5) is 5.82 Å². The molecule has 1 aromatic carbocycles. The highest BCUT2D eigenvalue weighted by molar-refractivity contribution is 6.30. The summed E-state index contributed by atoms with van der Waals surface area (Å²) in [5.41, 5.74) is 2.92. The van der Waals surface area contributed by atoms with E-state index in [1.807, 2.05) is 32.0 Å². The zero-order valence-electron chi connectivity index (χ0n) is 15.5. The Morgan fingerprint density at radius 3 is 2.81 bits per heavy atom. The lowest BCUT2D eigenvalue weighted by molar-refractivity contribution is -0.139. The van der Waals surface area contributed by atoms with Gasteiger partial charge in [-0.1, -0.05) is 11.6 Å². The van der Waals surface area contributed by atoms with Gasteiger partial charge in [0.25, 0.3) is 5.91 Å². The summed E-state index contributed by atoms with van der Waals surface area (Å²) in [6.45, 7) is 4.80. The molecule has 0 aliphatic carbocycles. The maximum Gasteiger partial charge on any atom is 0.263 e. The number of amides is 1. The van der Waals surface area contributed by atoms with Gasteiger partial charge in [0.2, 0.25) is 0 Å². The molecule has 2 aromatic rings. The minimum Gasteiger partial charge on any atom is -0.481 e. The van der Waals surface area contributed by atoms with Crippen LogP contribution in [-0.4, -0.2) is 47.5 Å². The van der Waals surface area contributed by atoms with Gasteiger partial charge in [-0.25, -0.2) is 9.97 Å². The van der Waals surface area contributed by atoms with Crippen molar-refractivity contribution in [3.05, 3.63) is 46.4 Å². The molecule has 0 spiro atoms. The van der Waals surface area contributed by atoms with Crippen LogP contribution in [0.2, 0.25) is 5.02 Å². The zero-order valence-corrected chi connectivity index (χ0v) is 16.2. The highest BCUT2D eigenvalue weighted by Crippen LogP contribution is 2.26. The Morgan fingerprint density at radius 2 is 2.12 bits per heavy atom. The average molecular weight is 375 g/mol. The molecule has 0 bridgehead atoms. The number of hydrogen-bond donors (Lipinski definition) is 0. The van der Waals surface area contributed by atoms with Gasteiger partial charge in [-0.3, -0.25) is 4.79 Å². The van der Waals surface area contributed by atoms with Crippen molar-refractivity contribution < 1.29 is 9.53 Å². The first kappa shape index (κ1) is 18.5. The Kier molecular flexibility index (Phi) is 5.32. The number of aromatic nitrogens is 2. The Labute approximate surface area is 158 Å². The van der Waals surface area contributed by atoms with Crippen molar-refractivity contribution in [2.24, 2.45) is 0 Å². The minimum atomic E-state index is -0.577. The van der Waals surface area contributed by atoms with E-state index in [-0.39, 0.29) is 5.91 Å². The van der Waals surface area contributed by atoms with E-state index < -0.39 is 6.10 Å².